The summed E-state index contributed by atoms with van der Waals surface area (Å²) in [7, 11) is 0. The van der Waals surface area contributed by atoms with Crippen LogP contribution in [0, 0.1) is 11.3 Å². The molecule has 0 aliphatic heterocycles. The Morgan fingerprint density at radius 2 is 2.42 bits per heavy atom. The lowest BCUT2D eigenvalue weighted by molar-refractivity contribution is 1.32. The number of nitriles is 1. The fraction of sp³-hybridized carbons (Fsp3) is 0. The number of hydrogen-bond donors (Lipinski definition) is 1. The zero-order valence-corrected chi connectivity index (χ0v) is 6.80. The minimum absolute atomic E-state index is 0.445. The van der Waals surface area contributed by atoms with Gasteiger partial charge in [-0.15, -0.1) is 0 Å². The van der Waals surface area contributed by atoms with Crippen LogP contribution >= 0.6 is 11.3 Å². The first-order valence-corrected chi connectivity index (χ1v) is 4.04. The number of pyridine rings is 1. The average molecular weight is 176 g/mol. The SMILES string of the molecule is N#Cc1ccnc2nc(N)sc12. The average Bonchev–Trinajstić information content (AvgIpc) is 2.44. The largest absolute Gasteiger partial charge is 0.375 e. The summed E-state index contributed by atoms with van der Waals surface area (Å²) in [4.78, 5) is 7.93. The normalized spacial score (nSPS) is 9.92. The van der Waals surface area contributed by atoms with Crippen molar-refractivity contribution in [3.05, 3.63) is 17.8 Å². The first-order chi connectivity index (χ1) is 5.81. The van der Waals surface area contributed by atoms with Crippen LogP contribution in [0.1, 0.15) is 5.56 Å². The molecule has 58 valence electrons. The summed E-state index contributed by atoms with van der Waals surface area (Å²) in [6.45, 7) is 0. The summed E-state index contributed by atoms with van der Waals surface area (Å²) >= 11 is 1.28. The Kier molecular flexibility index (Phi) is 1.42. The van der Waals surface area contributed by atoms with Gasteiger partial charge in [-0.05, 0) is 6.07 Å². The molecule has 0 saturated heterocycles. The second kappa shape index (κ2) is 2.43. The molecule has 2 aromatic rings. The topological polar surface area (TPSA) is 75.6 Å². The van der Waals surface area contributed by atoms with Crippen LogP contribution in [0.2, 0.25) is 0 Å². The predicted molar refractivity (Wildman–Crippen MR) is 46.5 cm³/mol. The van der Waals surface area contributed by atoms with Crippen LogP contribution in [0.4, 0.5) is 5.13 Å². The molecule has 0 saturated carbocycles. The van der Waals surface area contributed by atoms with Crippen molar-refractivity contribution in [3.63, 3.8) is 0 Å². The van der Waals surface area contributed by atoms with Crippen LogP contribution in [0.25, 0.3) is 10.3 Å². The van der Waals surface area contributed by atoms with Gasteiger partial charge in [0.15, 0.2) is 10.8 Å². The minimum atomic E-state index is 0.445. The molecule has 12 heavy (non-hydrogen) atoms. The van der Waals surface area contributed by atoms with Gasteiger partial charge in [-0.1, -0.05) is 11.3 Å². The van der Waals surface area contributed by atoms with Crippen LogP contribution in [-0.4, -0.2) is 9.97 Å². The lowest BCUT2D eigenvalue weighted by Crippen LogP contribution is -1.81. The Morgan fingerprint density at radius 1 is 1.58 bits per heavy atom. The number of nitrogen functional groups attached to an aromatic ring is 1. The van der Waals surface area contributed by atoms with Crippen molar-refractivity contribution < 1.29 is 0 Å². The van der Waals surface area contributed by atoms with Crippen molar-refractivity contribution in [2.75, 3.05) is 5.73 Å². The van der Waals surface area contributed by atoms with E-state index < -0.39 is 0 Å². The predicted octanol–water partition coefficient (Wildman–Crippen LogP) is 1.15. The Morgan fingerprint density at radius 3 is 3.17 bits per heavy atom. The van der Waals surface area contributed by atoms with E-state index in [0.29, 0.717) is 16.3 Å². The van der Waals surface area contributed by atoms with Gasteiger partial charge in [0, 0.05) is 6.20 Å². The highest BCUT2D eigenvalue weighted by Gasteiger charge is 2.05. The van der Waals surface area contributed by atoms with E-state index in [1.54, 1.807) is 12.3 Å². The zero-order chi connectivity index (χ0) is 8.55. The second-order valence-electron chi connectivity index (χ2n) is 2.18. The first-order valence-electron chi connectivity index (χ1n) is 3.22. The molecular formula is C7H4N4S. The fourth-order valence-electron chi connectivity index (χ4n) is 0.937. The van der Waals surface area contributed by atoms with E-state index in [9.17, 15) is 0 Å². The molecule has 2 N–H and O–H groups in total. The summed E-state index contributed by atoms with van der Waals surface area (Å²) in [5, 5.41) is 9.15. The van der Waals surface area contributed by atoms with Crippen LogP contribution in [0.15, 0.2) is 12.3 Å². The molecule has 0 spiro atoms. The highest BCUT2D eigenvalue weighted by atomic mass is 32.1. The van der Waals surface area contributed by atoms with E-state index in [0.717, 1.165) is 4.70 Å². The Hall–Kier alpha value is -1.67. The van der Waals surface area contributed by atoms with E-state index >= 15 is 0 Å². The maximum absolute atomic E-state index is 8.71. The van der Waals surface area contributed by atoms with Gasteiger partial charge in [-0.3, -0.25) is 0 Å². The van der Waals surface area contributed by atoms with Gasteiger partial charge < -0.3 is 5.73 Å². The van der Waals surface area contributed by atoms with Crippen molar-refractivity contribution in [2.45, 2.75) is 0 Å². The van der Waals surface area contributed by atoms with Gasteiger partial charge in [0.1, 0.15) is 6.07 Å². The smallest absolute Gasteiger partial charge is 0.182 e. The van der Waals surface area contributed by atoms with Crippen molar-refractivity contribution in [1.82, 2.24) is 9.97 Å². The van der Waals surface area contributed by atoms with Crippen molar-refractivity contribution in [3.8, 4) is 6.07 Å². The van der Waals surface area contributed by atoms with Crippen LogP contribution in [0.3, 0.4) is 0 Å². The Labute approximate surface area is 72.3 Å². The molecule has 2 rings (SSSR count). The molecule has 0 aliphatic carbocycles. The quantitative estimate of drug-likeness (QED) is 0.653. The molecule has 0 bridgehead atoms. The van der Waals surface area contributed by atoms with E-state index in [4.69, 9.17) is 11.0 Å². The van der Waals surface area contributed by atoms with E-state index in [1.165, 1.54) is 11.3 Å². The maximum atomic E-state index is 8.71. The third-order valence-electron chi connectivity index (χ3n) is 1.43. The Bertz CT molecular complexity index is 468. The molecule has 0 amide bonds. The van der Waals surface area contributed by atoms with E-state index in [-0.39, 0.29) is 0 Å². The molecule has 2 heterocycles. The number of rotatable bonds is 0. The molecule has 2 aromatic heterocycles. The van der Waals surface area contributed by atoms with Crippen LogP contribution in [-0.2, 0) is 0 Å². The van der Waals surface area contributed by atoms with Gasteiger partial charge in [-0.2, -0.15) is 5.26 Å². The number of fused-ring (bicyclic) bond motifs is 1. The third-order valence-corrected chi connectivity index (χ3v) is 2.34. The fourth-order valence-corrected chi connectivity index (χ4v) is 1.69. The summed E-state index contributed by atoms with van der Waals surface area (Å²) in [5.41, 5.74) is 6.60. The molecule has 0 atom stereocenters. The number of thiazole rings is 1. The van der Waals surface area contributed by atoms with Crippen molar-refractivity contribution in [1.29, 1.82) is 5.26 Å². The van der Waals surface area contributed by atoms with Gasteiger partial charge >= 0.3 is 0 Å². The molecule has 5 heteroatoms. The van der Waals surface area contributed by atoms with Crippen molar-refractivity contribution in [2.24, 2.45) is 0 Å². The number of nitrogens with zero attached hydrogens (tertiary/aromatic N) is 3. The van der Waals surface area contributed by atoms with Crippen LogP contribution < -0.4 is 5.73 Å². The lowest BCUT2D eigenvalue weighted by atomic mass is 10.3. The molecule has 0 fully saturated rings. The standard InChI is InChI=1S/C7H4N4S/c8-3-4-1-2-10-6-5(4)12-7(9)11-6/h1-2H,(H2,9,10,11). The van der Waals surface area contributed by atoms with E-state index in [2.05, 4.69) is 16.0 Å². The zero-order valence-electron chi connectivity index (χ0n) is 5.98. The number of anilines is 1. The van der Waals surface area contributed by atoms with Gasteiger partial charge in [0.25, 0.3) is 0 Å². The second-order valence-corrected chi connectivity index (χ2v) is 3.21. The van der Waals surface area contributed by atoms with Crippen LogP contribution in [0.5, 0.6) is 0 Å². The number of aromatic nitrogens is 2. The molecule has 0 radical (unpaired) electrons. The lowest BCUT2D eigenvalue weighted by Gasteiger charge is -1.86. The van der Waals surface area contributed by atoms with Gasteiger partial charge in [-0.25, -0.2) is 9.97 Å². The third kappa shape index (κ3) is 0.898. The molecule has 4 nitrogen and oxygen atoms in total. The maximum Gasteiger partial charge on any atom is 0.182 e. The number of nitrogens with two attached hydrogens (primary N) is 1. The first kappa shape index (κ1) is 7.00. The summed E-state index contributed by atoms with van der Waals surface area (Å²) in [5.74, 6) is 0. The summed E-state index contributed by atoms with van der Waals surface area (Å²) in [6.07, 6.45) is 1.56. The molecular weight excluding hydrogens is 172 g/mol. The van der Waals surface area contributed by atoms with E-state index in [1.807, 2.05) is 0 Å². The molecule has 0 aliphatic rings. The highest BCUT2D eigenvalue weighted by Crippen LogP contribution is 2.24. The number of hydrogen-bond acceptors (Lipinski definition) is 5. The summed E-state index contributed by atoms with van der Waals surface area (Å²) in [6, 6.07) is 3.71. The minimum Gasteiger partial charge on any atom is -0.375 e. The van der Waals surface area contributed by atoms with Gasteiger partial charge in [0.05, 0.1) is 10.3 Å². The monoisotopic (exact) mass is 176 g/mol. The van der Waals surface area contributed by atoms with Gasteiger partial charge in [0.2, 0.25) is 0 Å². The Balaban J connectivity index is 2.89. The molecule has 0 aromatic carbocycles. The highest BCUT2D eigenvalue weighted by molar-refractivity contribution is 7.22. The summed E-state index contributed by atoms with van der Waals surface area (Å²) < 4.78 is 0.762. The van der Waals surface area contributed by atoms with Crippen molar-refractivity contribution >= 4 is 26.8 Å². The molecule has 0 unspecified atom stereocenters.